The van der Waals surface area contributed by atoms with Crippen molar-refractivity contribution >= 4 is 11.8 Å². The van der Waals surface area contributed by atoms with Gasteiger partial charge in [0.05, 0.1) is 0 Å². The molecule has 0 aromatic rings. The van der Waals surface area contributed by atoms with Crippen LogP contribution in [0.2, 0.25) is 0 Å². The van der Waals surface area contributed by atoms with Gasteiger partial charge in [-0.15, -0.1) is 0 Å². The van der Waals surface area contributed by atoms with Crippen molar-refractivity contribution in [3.8, 4) is 0 Å². The molecule has 2 fully saturated rings. The van der Waals surface area contributed by atoms with Gasteiger partial charge in [0.25, 0.3) is 11.8 Å². The quantitative estimate of drug-likeness (QED) is 0.0615. The number of amides is 2. The topological polar surface area (TPSA) is 207 Å². The lowest BCUT2D eigenvalue weighted by atomic mass is 9.97. The second-order valence-electron chi connectivity index (χ2n) is 13.9. The lowest BCUT2D eigenvalue weighted by molar-refractivity contribution is -0.366. The highest BCUT2D eigenvalue weighted by Gasteiger charge is 2.52. The van der Waals surface area contributed by atoms with Crippen LogP contribution in [-0.2, 0) is 23.8 Å². The van der Waals surface area contributed by atoms with Gasteiger partial charge in [0.1, 0.15) is 36.6 Å². The average molecular weight is 705 g/mol. The summed E-state index contributed by atoms with van der Waals surface area (Å²) in [6.07, 6.45) is 4.96. The summed E-state index contributed by atoms with van der Waals surface area (Å²) >= 11 is 0. The number of nitrogens with one attached hydrogen (secondary N) is 2. The van der Waals surface area contributed by atoms with Gasteiger partial charge in [-0.2, -0.15) is 0 Å². The van der Waals surface area contributed by atoms with E-state index in [1.165, 1.54) is 77.0 Å². The monoisotopic (exact) mass is 704 g/mol. The van der Waals surface area contributed by atoms with Crippen molar-refractivity contribution in [3.05, 3.63) is 0 Å². The van der Waals surface area contributed by atoms with E-state index in [0.29, 0.717) is 13.1 Å². The standard InChI is InChI=1S/C36H68N2O11/c1-3-5-7-9-11-13-15-17-19-21-23-37-33(45)31-27(41)25(39)29(43)35(47-31)49-36-30(44)26(40)28(42)32(48-36)34(46)38-24-22-20-18-16-14-12-10-8-6-4-2/h25-32,35-36,39-44H,3-24H2,1-2H3,(H,37,45)(H,38,46)/t25-,26+,27-,28-,29+,30+,31-,32-,35?,36+/m0/s1. The van der Waals surface area contributed by atoms with E-state index >= 15 is 0 Å². The van der Waals surface area contributed by atoms with Gasteiger partial charge in [0.2, 0.25) is 0 Å². The molecule has 1 unspecified atom stereocenters. The smallest absolute Gasteiger partial charge is 0.252 e. The Hall–Kier alpha value is -1.42. The van der Waals surface area contributed by atoms with Crippen LogP contribution < -0.4 is 10.6 Å². The number of aliphatic hydroxyl groups excluding tert-OH is 6. The lowest BCUT2D eigenvalue weighted by Gasteiger charge is -2.44. The second kappa shape index (κ2) is 25.5. The third-order valence-electron chi connectivity index (χ3n) is 9.58. The molecule has 0 aliphatic carbocycles. The fourth-order valence-corrected chi connectivity index (χ4v) is 6.34. The molecule has 2 rings (SSSR count). The average Bonchev–Trinajstić information content (AvgIpc) is 3.09. The van der Waals surface area contributed by atoms with Crippen molar-refractivity contribution in [3.63, 3.8) is 0 Å². The fourth-order valence-electron chi connectivity index (χ4n) is 6.34. The molecule has 2 aliphatic rings. The molecule has 0 aromatic heterocycles. The van der Waals surface area contributed by atoms with E-state index in [9.17, 15) is 40.2 Å². The molecule has 288 valence electrons. The number of rotatable bonds is 26. The summed E-state index contributed by atoms with van der Waals surface area (Å²) in [5.74, 6) is -1.43. The number of carbonyl (C=O) groups is 2. The van der Waals surface area contributed by atoms with Gasteiger partial charge >= 0.3 is 0 Å². The van der Waals surface area contributed by atoms with Crippen molar-refractivity contribution in [1.82, 2.24) is 10.6 Å². The minimum absolute atomic E-state index is 0.330. The second-order valence-corrected chi connectivity index (χ2v) is 13.9. The summed E-state index contributed by atoms with van der Waals surface area (Å²) in [5.41, 5.74) is 0. The van der Waals surface area contributed by atoms with Crippen LogP contribution in [0.4, 0.5) is 0 Å². The van der Waals surface area contributed by atoms with Crippen LogP contribution in [0.15, 0.2) is 0 Å². The van der Waals surface area contributed by atoms with Crippen LogP contribution in [0.5, 0.6) is 0 Å². The molecule has 0 radical (unpaired) electrons. The minimum atomic E-state index is -1.86. The molecule has 0 spiro atoms. The van der Waals surface area contributed by atoms with E-state index < -0.39 is 73.2 Å². The first kappa shape index (κ1) is 43.7. The maximum atomic E-state index is 12.9. The Morgan fingerprint density at radius 1 is 0.449 bits per heavy atom. The summed E-state index contributed by atoms with van der Waals surface area (Å²) in [6.45, 7) is 5.06. The Morgan fingerprint density at radius 3 is 1.04 bits per heavy atom. The molecule has 0 aromatic carbocycles. The summed E-state index contributed by atoms with van der Waals surface area (Å²) in [5, 5.41) is 68.3. The molecule has 10 atom stereocenters. The van der Waals surface area contributed by atoms with Gasteiger partial charge in [-0.05, 0) is 12.8 Å². The summed E-state index contributed by atoms with van der Waals surface area (Å²) < 4.78 is 16.6. The molecular formula is C36H68N2O11. The highest BCUT2D eigenvalue weighted by atomic mass is 16.8. The van der Waals surface area contributed by atoms with Crippen molar-refractivity contribution in [2.45, 2.75) is 204 Å². The first-order valence-corrected chi connectivity index (χ1v) is 19.2. The highest BCUT2D eigenvalue weighted by molar-refractivity contribution is 5.82. The molecule has 2 amide bonds. The molecule has 2 saturated heterocycles. The maximum Gasteiger partial charge on any atom is 0.252 e. The van der Waals surface area contributed by atoms with Gasteiger partial charge < -0.3 is 55.5 Å². The zero-order valence-electron chi connectivity index (χ0n) is 30.1. The third-order valence-corrected chi connectivity index (χ3v) is 9.58. The fraction of sp³-hybridized carbons (Fsp3) is 0.944. The van der Waals surface area contributed by atoms with Crippen LogP contribution in [0.25, 0.3) is 0 Å². The molecule has 2 aliphatic heterocycles. The number of hydrogen-bond donors (Lipinski definition) is 8. The minimum Gasteiger partial charge on any atom is -0.387 e. The molecule has 2 heterocycles. The van der Waals surface area contributed by atoms with Gasteiger partial charge in [0.15, 0.2) is 24.8 Å². The number of carbonyl (C=O) groups excluding carboxylic acids is 2. The highest BCUT2D eigenvalue weighted by Crippen LogP contribution is 2.28. The molecule has 13 heteroatoms. The van der Waals surface area contributed by atoms with Crippen LogP contribution in [-0.4, -0.2) is 117 Å². The predicted molar refractivity (Wildman–Crippen MR) is 184 cm³/mol. The van der Waals surface area contributed by atoms with Crippen molar-refractivity contribution in [2.24, 2.45) is 0 Å². The predicted octanol–water partition coefficient (Wildman–Crippen LogP) is 2.69. The Morgan fingerprint density at radius 2 is 0.735 bits per heavy atom. The summed E-state index contributed by atoms with van der Waals surface area (Å²) in [7, 11) is 0. The number of ether oxygens (including phenoxy) is 3. The molecule has 0 saturated carbocycles. The normalized spacial score (nSPS) is 30.3. The van der Waals surface area contributed by atoms with Crippen molar-refractivity contribution in [1.29, 1.82) is 0 Å². The zero-order valence-corrected chi connectivity index (χ0v) is 30.1. The van der Waals surface area contributed by atoms with Gasteiger partial charge in [-0.1, -0.05) is 129 Å². The maximum absolute atomic E-state index is 12.9. The van der Waals surface area contributed by atoms with E-state index in [4.69, 9.17) is 14.2 Å². The first-order chi connectivity index (χ1) is 23.6. The Balaban J connectivity index is 1.78. The van der Waals surface area contributed by atoms with Crippen molar-refractivity contribution in [2.75, 3.05) is 13.1 Å². The van der Waals surface area contributed by atoms with E-state index in [2.05, 4.69) is 24.5 Å². The third kappa shape index (κ3) is 15.8. The lowest BCUT2D eigenvalue weighted by Crippen LogP contribution is -2.66. The Kier molecular flexibility index (Phi) is 22.8. The van der Waals surface area contributed by atoms with Crippen molar-refractivity contribution < 1.29 is 54.4 Å². The molecule has 49 heavy (non-hydrogen) atoms. The van der Waals surface area contributed by atoms with Gasteiger partial charge in [-0.3, -0.25) is 9.59 Å². The van der Waals surface area contributed by atoms with Gasteiger partial charge in [0, 0.05) is 13.1 Å². The molecule has 8 N–H and O–H groups in total. The molecule has 13 nitrogen and oxygen atoms in total. The number of aliphatic hydroxyl groups is 6. The van der Waals surface area contributed by atoms with Crippen LogP contribution in [0, 0.1) is 0 Å². The number of hydrogen-bond acceptors (Lipinski definition) is 11. The molecular weight excluding hydrogens is 636 g/mol. The van der Waals surface area contributed by atoms with E-state index in [-0.39, 0.29) is 0 Å². The first-order valence-electron chi connectivity index (χ1n) is 19.2. The largest absolute Gasteiger partial charge is 0.387 e. The van der Waals surface area contributed by atoms with Crippen LogP contribution in [0.3, 0.4) is 0 Å². The SMILES string of the molecule is CCCCCCCCCCCCNC(=O)[C@H]1O[C@H](OC2O[C@H](C(=O)NCCCCCCCCCCCC)[C@@H](O)[C@H](O)[C@H]2O)[C@H](O)[C@H](O)[C@@H]1O. The van der Waals surface area contributed by atoms with E-state index in [0.717, 1.165) is 51.4 Å². The van der Waals surface area contributed by atoms with E-state index in [1.54, 1.807) is 0 Å². The molecule has 0 bridgehead atoms. The Bertz CT molecular complexity index is 816. The van der Waals surface area contributed by atoms with Crippen LogP contribution >= 0.6 is 0 Å². The van der Waals surface area contributed by atoms with E-state index in [1.807, 2.05) is 0 Å². The summed E-state index contributed by atoms with van der Waals surface area (Å²) in [6, 6.07) is 0. The zero-order chi connectivity index (χ0) is 36.0. The van der Waals surface area contributed by atoms with Crippen LogP contribution in [0.1, 0.15) is 142 Å². The number of unbranched alkanes of at least 4 members (excludes halogenated alkanes) is 18. The Labute approximate surface area is 293 Å². The van der Waals surface area contributed by atoms with Gasteiger partial charge in [-0.25, -0.2) is 0 Å². The summed E-state index contributed by atoms with van der Waals surface area (Å²) in [4.78, 5) is 25.7.